The molecule has 0 saturated heterocycles. The summed E-state index contributed by atoms with van der Waals surface area (Å²) in [5, 5.41) is 5.82. The van der Waals surface area contributed by atoms with Crippen LogP contribution in [-0.4, -0.2) is 31.5 Å². The highest BCUT2D eigenvalue weighted by molar-refractivity contribution is 7.97. The van der Waals surface area contributed by atoms with Crippen LogP contribution in [0.4, 0.5) is 9.18 Å². The monoisotopic (exact) mass is 326 g/mol. The summed E-state index contributed by atoms with van der Waals surface area (Å²) in [5.41, 5.74) is 1.88. The van der Waals surface area contributed by atoms with Gasteiger partial charge in [0.2, 0.25) is 0 Å². The van der Waals surface area contributed by atoms with Gasteiger partial charge in [-0.1, -0.05) is 6.07 Å². The normalized spacial score (nSPS) is 20.9. The fourth-order valence-electron chi connectivity index (χ4n) is 2.75. The molecule has 0 spiro atoms. The summed E-state index contributed by atoms with van der Waals surface area (Å²) in [6.45, 7) is 0.405. The van der Waals surface area contributed by atoms with Crippen LogP contribution in [0.5, 0.6) is 0 Å². The number of hydrogen-bond donors (Lipinski definition) is 2. The molecule has 1 aliphatic carbocycles. The topological polar surface area (TPSA) is 50.4 Å². The summed E-state index contributed by atoms with van der Waals surface area (Å²) < 4.78 is 18.6. The predicted molar refractivity (Wildman–Crippen MR) is 87.4 cm³/mol. The number of benzene rings is 1. The first kappa shape index (κ1) is 17.1. The lowest BCUT2D eigenvalue weighted by Crippen LogP contribution is -2.41. The molecule has 1 fully saturated rings. The Balaban J connectivity index is 1.83. The van der Waals surface area contributed by atoms with Gasteiger partial charge in [0.25, 0.3) is 0 Å². The minimum atomic E-state index is -0.242. The maximum Gasteiger partial charge on any atom is 0.315 e. The van der Waals surface area contributed by atoms with Crippen LogP contribution in [0.3, 0.4) is 0 Å². The van der Waals surface area contributed by atoms with Crippen molar-refractivity contribution in [1.29, 1.82) is 0 Å². The highest BCUT2D eigenvalue weighted by atomic mass is 32.2. The van der Waals surface area contributed by atoms with Crippen LogP contribution in [0.25, 0.3) is 0 Å². The third-order valence-corrected chi connectivity index (χ3v) is 4.56. The maximum atomic E-state index is 13.3. The van der Waals surface area contributed by atoms with Gasteiger partial charge in [-0.05, 0) is 48.8 Å². The van der Waals surface area contributed by atoms with Gasteiger partial charge in [-0.25, -0.2) is 9.18 Å². The van der Waals surface area contributed by atoms with Crippen molar-refractivity contribution in [1.82, 2.24) is 10.6 Å². The van der Waals surface area contributed by atoms with Crippen LogP contribution in [-0.2, 0) is 17.0 Å². The van der Waals surface area contributed by atoms with E-state index in [1.165, 1.54) is 12.1 Å². The average molecular weight is 326 g/mol. The standard InChI is InChI=1S/C16H23FN2O2S/c1-21-15-6-5-14(8-15)19-16(20)18-9-11-3-4-13(17)7-12(11)10-22-2/h3-4,7,14-15H,5-6,8-10H2,1-2H3,(H2,18,19,20)/t14-,15-/m0/s1. The quantitative estimate of drug-likeness (QED) is 0.845. The predicted octanol–water partition coefficient (Wildman–Crippen LogP) is 3.06. The molecule has 1 aromatic carbocycles. The molecule has 0 unspecified atom stereocenters. The van der Waals surface area contributed by atoms with E-state index in [4.69, 9.17) is 4.74 Å². The Labute approximate surface area is 135 Å². The molecule has 22 heavy (non-hydrogen) atoms. The minimum absolute atomic E-state index is 0.170. The summed E-state index contributed by atoms with van der Waals surface area (Å²) in [7, 11) is 1.70. The van der Waals surface area contributed by atoms with Crippen molar-refractivity contribution in [3.8, 4) is 0 Å². The van der Waals surface area contributed by atoms with Crippen molar-refractivity contribution in [2.45, 2.75) is 43.7 Å². The summed E-state index contributed by atoms with van der Waals surface area (Å²) in [4.78, 5) is 12.0. The van der Waals surface area contributed by atoms with Crippen molar-refractivity contribution in [3.05, 3.63) is 35.1 Å². The van der Waals surface area contributed by atoms with E-state index in [1.54, 1.807) is 24.9 Å². The number of rotatable bonds is 6. The fraction of sp³-hybridized carbons (Fsp3) is 0.562. The summed E-state index contributed by atoms with van der Waals surface area (Å²) in [6.07, 6.45) is 5.01. The van der Waals surface area contributed by atoms with Gasteiger partial charge in [0.1, 0.15) is 5.82 Å². The molecule has 1 aromatic rings. The Hall–Kier alpha value is -1.27. The maximum absolute atomic E-state index is 13.3. The van der Waals surface area contributed by atoms with E-state index in [0.717, 1.165) is 36.1 Å². The molecule has 0 radical (unpaired) electrons. The third-order valence-electron chi connectivity index (χ3n) is 3.96. The summed E-state index contributed by atoms with van der Waals surface area (Å²) in [6, 6.07) is 4.69. The van der Waals surface area contributed by atoms with Crippen molar-refractivity contribution in [2.75, 3.05) is 13.4 Å². The van der Waals surface area contributed by atoms with Gasteiger partial charge in [-0.2, -0.15) is 11.8 Å². The van der Waals surface area contributed by atoms with Gasteiger partial charge in [0, 0.05) is 25.4 Å². The number of carbonyl (C=O) groups is 1. The van der Waals surface area contributed by atoms with Gasteiger partial charge in [-0.3, -0.25) is 0 Å². The van der Waals surface area contributed by atoms with E-state index >= 15 is 0 Å². The van der Waals surface area contributed by atoms with E-state index in [2.05, 4.69) is 10.6 Å². The SMILES string of the molecule is CO[C@H]1CC[C@H](NC(=O)NCc2ccc(F)cc2CSC)C1. The van der Waals surface area contributed by atoms with Crippen LogP contribution in [0.2, 0.25) is 0 Å². The molecule has 2 rings (SSSR count). The Morgan fingerprint density at radius 3 is 2.91 bits per heavy atom. The van der Waals surface area contributed by atoms with Crippen molar-refractivity contribution in [3.63, 3.8) is 0 Å². The van der Waals surface area contributed by atoms with Crippen LogP contribution >= 0.6 is 11.8 Å². The minimum Gasteiger partial charge on any atom is -0.381 e. The Kier molecular flexibility index (Phi) is 6.51. The first-order valence-corrected chi connectivity index (χ1v) is 8.85. The van der Waals surface area contributed by atoms with Gasteiger partial charge in [-0.15, -0.1) is 0 Å². The number of hydrogen-bond acceptors (Lipinski definition) is 3. The molecule has 0 bridgehead atoms. The third kappa shape index (κ3) is 4.88. The molecule has 4 nitrogen and oxygen atoms in total. The zero-order valence-electron chi connectivity index (χ0n) is 13.0. The van der Waals surface area contributed by atoms with Gasteiger partial charge in [0.15, 0.2) is 0 Å². The van der Waals surface area contributed by atoms with E-state index in [9.17, 15) is 9.18 Å². The molecular weight excluding hydrogens is 303 g/mol. The second-order valence-electron chi connectivity index (χ2n) is 5.54. The number of nitrogens with one attached hydrogen (secondary N) is 2. The molecule has 2 atom stereocenters. The molecule has 6 heteroatoms. The number of ether oxygens (including phenoxy) is 1. The smallest absolute Gasteiger partial charge is 0.315 e. The fourth-order valence-corrected chi connectivity index (χ4v) is 3.33. The lowest BCUT2D eigenvalue weighted by molar-refractivity contribution is 0.107. The second-order valence-corrected chi connectivity index (χ2v) is 6.41. The first-order chi connectivity index (χ1) is 10.6. The highest BCUT2D eigenvalue weighted by Gasteiger charge is 2.25. The molecule has 122 valence electrons. The second kappa shape index (κ2) is 8.39. The molecule has 0 aliphatic heterocycles. The average Bonchev–Trinajstić information content (AvgIpc) is 2.94. The van der Waals surface area contributed by atoms with Crippen LogP contribution < -0.4 is 10.6 Å². The largest absolute Gasteiger partial charge is 0.381 e. The number of halogens is 1. The number of amides is 2. The van der Waals surface area contributed by atoms with Gasteiger partial charge in [0.05, 0.1) is 6.10 Å². The summed E-state index contributed by atoms with van der Waals surface area (Å²) >= 11 is 1.63. The van der Waals surface area contributed by atoms with Crippen molar-refractivity contribution >= 4 is 17.8 Å². The lowest BCUT2D eigenvalue weighted by Gasteiger charge is -2.15. The van der Waals surface area contributed by atoms with Crippen LogP contribution in [0.1, 0.15) is 30.4 Å². The van der Waals surface area contributed by atoms with Crippen LogP contribution in [0, 0.1) is 5.82 Å². The van der Waals surface area contributed by atoms with Gasteiger partial charge < -0.3 is 15.4 Å². The lowest BCUT2D eigenvalue weighted by atomic mass is 10.1. The molecule has 2 amide bonds. The molecular formula is C16H23FN2O2S. The Bertz CT molecular complexity index is 513. The summed E-state index contributed by atoms with van der Waals surface area (Å²) in [5.74, 6) is 0.489. The number of thioether (sulfide) groups is 1. The van der Waals surface area contributed by atoms with E-state index in [1.807, 2.05) is 6.26 Å². The van der Waals surface area contributed by atoms with E-state index in [0.29, 0.717) is 6.54 Å². The van der Waals surface area contributed by atoms with Crippen molar-refractivity contribution < 1.29 is 13.9 Å². The molecule has 1 aliphatic rings. The molecule has 0 aromatic heterocycles. The number of carbonyl (C=O) groups excluding carboxylic acids is 1. The molecule has 2 N–H and O–H groups in total. The highest BCUT2D eigenvalue weighted by Crippen LogP contribution is 2.21. The van der Waals surface area contributed by atoms with Crippen LogP contribution in [0.15, 0.2) is 18.2 Å². The Morgan fingerprint density at radius 2 is 2.23 bits per heavy atom. The first-order valence-electron chi connectivity index (χ1n) is 7.45. The number of methoxy groups -OCH3 is 1. The Morgan fingerprint density at radius 1 is 1.41 bits per heavy atom. The van der Waals surface area contributed by atoms with E-state index in [-0.39, 0.29) is 24.0 Å². The van der Waals surface area contributed by atoms with Gasteiger partial charge >= 0.3 is 6.03 Å². The number of urea groups is 1. The zero-order valence-corrected chi connectivity index (χ0v) is 13.8. The van der Waals surface area contributed by atoms with E-state index < -0.39 is 0 Å². The van der Waals surface area contributed by atoms with Crippen molar-refractivity contribution in [2.24, 2.45) is 0 Å². The molecule has 0 heterocycles. The molecule has 1 saturated carbocycles. The zero-order chi connectivity index (χ0) is 15.9.